The van der Waals surface area contributed by atoms with E-state index in [4.69, 9.17) is 9.47 Å². The first kappa shape index (κ1) is 26.6. The third-order valence-corrected chi connectivity index (χ3v) is 7.46. The fraction of sp³-hybridized carbons (Fsp3) is 0.536. The highest BCUT2D eigenvalue weighted by atomic mass is 19.4. The molecule has 1 fully saturated rings. The monoisotopic (exact) mass is 530 g/mol. The average Bonchev–Trinajstić information content (AvgIpc) is 3.16. The van der Waals surface area contributed by atoms with Crippen molar-refractivity contribution in [1.29, 1.82) is 0 Å². The van der Waals surface area contributed by atoms with E-state index in [2.05, 4.69) is 15.0 Å². The molecule has 4 heterocycles. The standard InChI is InChI=1S/C28H33F3N4O3/c1-34-16-23-22(3-2-4-25(23)33-34)26(36)15-19-5-7-21(37-17-19)10-13-35-12-9-20-6-8-27(32-24(20)11-14-35)38-18-28(29,30)31/h2-4,6,8,16,19,21H,5,7,9-15,17-18H2,1H3/t19-,21-/m1/s1. The molecule has 1 aromatic carbocycles. The molecule has 0 aliphatic carbocycles. The molecule has 0 spiro atoms. The number of ketones is 1. The van der Waals surface area contributed by atoms with Crippen molar-refractivity contribution in [2.75, 3.05) is 32.8 Å². The molecular weight excluding hydrogens is 497 g/mol. The van der Waals surface area contributed by atoms with E-state index >= 15 is 0 Å². The van der Waals surface area contributed by atoms with E-state index in [-0.39, 0.29) is 23.7 Å². The second-order valence-corrected chi connectivity index (χ2v) is 10.4. The zero-order valence-electron chi connectivity index (χ0n) is 21.5. The van der Waals surface area contributed by atoms with Crippen molar-refractivity contribution in [3.8, 4) is 5.88 Å². The van der Waals surface area contributed by atoms with E-state index in [1.165, 1.54) is 6.07 Å². The first-order valence-electron chi connectivity index (χ1n) is 13.2. The topological polar surface area (TPSA) is 69.5 Å². The molecule has 2 aliphatic heterocycles. The van der Waals surface area contributed by atoms with Crippen LogP contribution in [0.25, 0.3) is 10.9 Å². The molecule has 0 bridgehead atoms. The maximum absolute atomic E-state index is 13.0. The van der Waals surface area contributed by atoms with E-state index in [0.717, 1.165) is 73.0 Å². The van der Waals surface area contributed by atoms with Crippen LogP contribution in [-0.4, -0.2) is 70.6 Å². The van der Waals surface area contributed by atoms with Gasteiger partial charge in [-0.05, 0) is 43.2 Å². The minimum absolute atomic E-state index is 0.0234. The molecule has 38 heavy (non-hydrogen) atoms. The smallest absolute Gasteiger partial charge is 0.422 e. The van der Waals surface area contributed by atoms with E-state index < -0.39 is 12.8 Å². The predicted molar refractivity (Wildman–Crippen MR) is 136 cm³/mol. The predicted octanol–water partition coefficient (Wildman–Crippen LogP) is 4.77. The number of aromatic nitrogens is 3. The van der Waals surface area contributed by atoms with Crippen molar-refractivity contribution in [3.63, 3.8) is 0 Å². The number of halogens is 3. The number of hydrogen-bond acceptors (Lipinski definition) is 6. The summed E-state index contributed by atoms with van der Waals surface area (Å²) in [6.07, 6.45) is 2.48. The molecule has 0 N–H and O–H groups in total. The summed E-state index contributed by atoms with van der Waals surface area (Å²) in [6, 6.07) is 9.04. The number of ether oxygens (including phenoxy) is 2. The fourth-order valence-electron chi connectivity index (χ4n) is 5.42. The summed E-state index contributed by atoms with van der Waals surface area (Å²) in [5, 5.41) is 5.30. The summed E-state index contributed by atoms with van der Waals surface area (Å²) < 4.78 is 50.1. The molecule has 0 radical (unpaired) electrons. The Morgan fingerprint density at radius 3 is 2.79 bits per heavy atom. The minimum Gasteiger partial charge on any atom is -0.468 e. The Hall–Kier alpha value is -2.98. The van der Waals surface area contributed by atoms with Gasteiger partial charge in [0.2, 0.25) is 5.88 Å². The van der Waals surface area contributed by atoms with Gasteiger partial charge in [-0.15, -0.1) is 0 Å². The second kappa shape index (κ2) is 11.4. The van der Waals surface area contributed by atoms with Gasteiger partial charge in [0, 0.05) is 68.4 Å². The summed E-state index contributed by atoms with van der Waals surface area (Å²) in [4.78, 5) is 19.7. The van der Waals surface area contributed by atoms with Crippen molar-refractivity contribution >= 4 is 16.7 Å². The van der Waals surface area contributed by atoms with Gasteiger partial charge in [-0.25, -0.2) is 4.98 Å². The first-order chi connectivity index (χ1) is 18.2. The van der Waals surface area contributed by atoms with Crippen LogP contribution in [0.3, 0.4) is 0 Å². The Bertz CT molecular complexity index is 1270. The summed E-state index contributed by atoms with van der Waals surface area (Å²) in [7, 11) is 1.86. The van der Waals surface area contributed by atoms with Gasteiger partial charge in [0.1, 0.15) is 0 Å². The molecule has 3 aromatic rings. The molecule has 10 heteroatoms. The number of aryl methyl sites for hydroxylation is 1. The maximum atomic E-state index is 13.0. The zero-order chi connectivity index (χ0) is 26.7. The van der Waals surface area contributed by atoms with Crippen LogP contribution >= 0.6 is 0 Å². The summed E-state index contributed by atoms with van der Waals surface area (Å²) in [5.41, 5.74) is 3.44. The Labute approximate surface area is 219 Å². The Morgan fingerprint density at radius 2 is 2.00 bits per heavy atom. The van der Waals surface area contributed by atoms with Gasteiger partial charge in [0.15, 0.2) is 12.4 Å². The number of rotatable bonds is 8. The highest BCUT2D eigenvalue weighted by Gasteiger charge is 2.29. The molecule has 5 rings (SSSR count). The number of hydrogen-bond donors (Lipinski definition) is 0. The zero-order valence-corrected chi connectivity index (χ0v) is 21.5. The third-order valence-electron chi connectivity index (χ3n) is 7.46. The molecule has 0 saturated carbocycles. The first-order valence-corrected chi connectivity index (χ1v) is 13.2. The number of alkyl halides is 3. The molecule has 1 saturated heterocycles. The van der Waals surface area contributed by atoms with Gasteiger partial charge >= 0.3 is 6.18 Å². The van der Waals surface area contributed by atoms with Gasteiger partial charge in [0.05, 0.1) is 18.2 Å². The molecule has 0 amide bonds. The quantitative estimate of drug-likeness (QED) is 0.391. The van der Waals surface area contributed by atoms with Crippen LogP contribution in [0, 0.1) is 5.92 Å². The Kier molecular flexibility index (Phi) is 7.99. The highest BCUT2D eigenvalue weighted by Crippen LogP contribution is 2.27. The normalized spacial score (nSPS) is 20.7. The number of fused-ring (bicyclic) bond motifs is 2. The summed E-state index contributed by atoms with van der Waals surface area (Å²) >= 11 is 0. The summed E-state index contributed by atoms with van der Waals surface area (Å²) in [6.45, 7) is 1.83. The number of carbonyl (C=O) groups excluding carboxylic acids is 1. The highest BCUT2D eigenvalue weighted by molar-refractivity contribution is 6.07. The van der Waals surface area contributed by atoms with Gasteiger partial charge < -0.3 is 14.4 Å². The van der Waals surface area contributed by atoms with Gasteiger partial charge in [-0.1, -0.05) is 18.2 Å². The van der Waals surface area contributed by atoms with Crippen molar-refractivity contribution in [2.45, 2.75) is 50.8 Å². The lowest BCUT2D eigenvalue weighted by molar-refractivity contribution is -0.154. The van der Waals surface area contributed by atoms with Crippen LogP contribution in [0.1, 0.15) is 47.3 Å². The third kappa shape index (κ3) is 6.71. The Balaban J connectivity index is 1.06. The lowest BCUT2D eigenvalue weighted by Gasteiger charge is -2.30. The van der Waals surface area contributed by atoms with Gasteiger partial charge in [0.25, 0.3) is 0 Å². The molecule has 2 aromatic heterocycles. The van der Waals surface area contributed by atoms with Crippen LogP contribution < -0.4 is 4.74 Å². The SMILES string of the molecule is Cn1cc2c(C(=O)C[C@H]3CC[C@H](CCN4CCc5ccc(OCC(F)(F)F)nc5CC4)OC3)cccc2n1. The van der Waals surface area contributed by atoms with Crippen LogP contribution in [0.4, 0.5) is 13.2 Å². The van der Waals surface area contributed by atoms with E-state index in [1.54, 1.807) is 4.68 Å². The van der Waals surface area contributed by atoms with E-state index in [0.29, 0.717) is 19.4 Å². The number of pyridine rings is 1. The molecule has 2 aliphatic rings. The molecule has 2 atom stereocenters. The number of benzene rings is 1. The van der Waals surface area contributed by atoms with E-state index in [9.17, 15) is 18.0 Å². The molecule has 7 nitrogen and oxygen atoms in total. The lowest BCUT2D eigenvalue weighted by atomic mass is 9.90. The number of carbonyl (C=O) groups is 1. The minimum atomic E-state index is -4.38. The van der Waals surface area contributed by atoms with Crippen LogP contribution in [0.15, 0.2) is 36.5 Å². The van der Waals surface area contributed by atoms with Crippen molar-refractivity contribution in [1.82, 2.24) is 19.7 Å². The number of nitrogens with zero attached hydrogens (tertiary/aromatic N) is 4. The molecule has 0 unspecified atom stereocenters. The van der Waals surface area contributed by atoms with Crippen molar-refractivity contribution < 1.29 is 27.4 Å². The average molecular weight is 531 g/mol. The summed E-state index contributed by atoms with van der Waals surface area (Å²) in [5.74, 6) is 0.383. The molecule has 204 valence electrons. The lowest BCUT2D eigenvalue weighted by Crippen LogP contribution is -2.33. The van der Waals surface area contributed by atoms with Crippen LogP contribution in [-0.2, 0) is 24.6 Å². The van der Waals surface area contributed by atoms with Crippen LogP contribution in [0.2, 0.25) is 0 Å². The van der Waals surface area contributed by atoms with Crippen LogP contribution in [0.5, 0.6) is 5.88 Å². The van der Waals surface area contributed by atoms with Gasteiger partial charge in [-0.3, -0.25) is 9.48 Å². The number of Topliss-reactive ketones (excluding diaryl/α,β-unsaturated/α-hetero) is 1. The van der Waals surface area contributed by atoms with Gasteiger partial charge in [-0.2, -0.15) is 18.3 Å². The van der Waals surface area contributed by atoms with E-state index in [1.807, 2.05) is 37.5 Å². The van der Waals surface area contributed by atoms with Crippen molar-refractivity contribution in [2.24, 2.45) is 13.0 Å². The Morgan fingerprint density at radius 1 is 1.16 bits per heavy atom. The molecular formula is C28H33F3N4O3. The largest absolute Gasteiger partial charge is 0.468 e. The van der Waals surface area contributed by atoms with Crippen molar-refractivity contribution in [3.05, 3.63) is 53.3 Å². The fourth-order valence-corrected chi connectivity index (χ4v) is 5.42. The maximum Gasteiger partial charge on any atom is 0.422 e. The second-order valence-electron chi connectivity index (χ2n) is 10.4.